The smallest absolute Gasteiger partial charge is 0.237 e. The van der Waals surface area contributed by atoms with Crippen LogP contribution in [-0.2, 0) is 6.61 Å². The van der Waals surface area contributed by atoms with Gasteiger partial charge in [0.15, 0.2) is 0 Å². The summed E-state index contributed by atoms with van der Waals surface area (Å²) >= 11 is 0. The maximum absolute atomic E-state index is 12.5. The van der Waals surface area contributed by atoms with Crippen LogP contribution in [0.4, 0.5) is 0 Å². The molecule has 0 unspecified atom stereocenters. The van der Waals surface area contributed by atoms with Crippen LogP contribution in [0.5, 0.6) is 5.75 Å². The minimum atomic E-state index is -0.593. The first-order valence-corrected chi connectivity index (χ1v) is 7.50. The van der Waals surface area contributed by atoms with Gasteiger partial charge in [0.2, 0.25) is 11.6 Å². The number of carbonyl (C=O) groups is 2. The summed E-state index contributed by atoms with van der Waals surface area (Å²) in [6, 6.07) is 19.5. The van der Waals surface area contributed by atoms with Crippen molar-refractivity contribution < 1.29 is 14.3 Å². The first-order chi connectivity index (χ1) is 11.8. The van der Waals surface area contributed by atoms with Crippen molar-refractivity contribution in [2.45, 2.75) is 6.61 Å². The number of aromatic nitrogens is 1. The van der Waals surface area contributed by atoms with Crippen molar-refractivity contribution in [2.24, 2.45) is 0 Å². The third kappa shape index (κ3) is 3.55. The fourth-order valence-electron chi connectivity index (χ4n) is 2.27. The molecule has 2 aromatic carbocycles. The average molecular weight is 317 g/mol. The molecule has 0 fully saturated rings. The number of benzene rings is 2. The van der Waals surface area contributed by atoms with Gasteiger partial charge in [0.05, 0.1) is 5.56 Å². The molecular weight excluding hydrogens is 302 g/mol. The normalized spacial score (nSPS) is 10.2. The molecule has 24 heavy (non-hydrogen) atoms. The predicted octanol–water partition coefficient (Wildman–Crippen LogP) is 3.73. The van der Waals surface area contributed by atoms with Gasteiger partial charge in [-0.05, 0) is 29.8 Å². The van der Waals surface area contributed by atoms with Crippen LogP contribution in [0.25, 0.3) is 0 Å². The summed E-state index contributed by atoms with van der Waals surface area (Å²) < 4.78 is 5.74. The van der Waals surface area contributed by atoms with Gasteiger partial charge in [-0.2, -0.15) is 0 Å². The summed E-state index contributed by atoms with van der Waals surface area (Å²) in [7, 11) is 0. The molecule has 1 heterocycles. The average Bonchev–Trinajstić information content (AvgIpc) is 2.67. The van der Waals surface area contributed by atoms with Gasteiger partial charge in [-0.25, -0.2) is 0 Å². The van der Waals surface area contributed by atoms with Crippen molar-refractivity contribution in [2.75, 3.05) is 0 Å². The van der Waals surface area contributed by atoms with Crippen LogP contribution < -0.4 is 4.74 Å². The zero-order chi connectivity index (χ0) is 16.8. The molecule has 4 nitrogen and oxygen atoms in total. The van der Waals surface area contributed by atoms with Crippen LogP contribution >= 0.6 is 0 Å². The molecule has 1 aromatic heterocycles. The van der Waals surface area contributed by atoms with Crippen molar-refractivity contribution in [1.29, 1.82) is 0 Å². The highest BCUT2D eigenvalue weighted by Crippen LogP contribution is 2.21. The minimum absolute atomic E-state index is 0.259. The van der Waals surface area contributed by atoms with Crippen LogP contribution in [0.3, 0.4) is 0 Å². The third-order valence-electron chi connectivity index (χ3n) is 3.52. The number of rotatable bonds is 6. The molecule has 4 heteroatoms. The molecule has 0 aliphatic rings. The molecule has 118 valence electrons. The van der Waals surface area contributed by atoms with Crippen LogP contribution in [0.2, 0.25) is 0 Å². The standard InChI is InChI=1S/C20H15NO3/c22-19(16-10-12-21-13-11-16)20(23)17-8-4-5-9-18(17)24-14-15-6-2-1-3-7-15/h1-13H,14H2. The number of carbonyl (C=O) groups excluding carboxylic acids is 2. The number of para-hydroxylation sites is 1. The van der Waals surface area contributed by atoms with E-state index in [4.69, 9.17) is 4.74 Å². The van der Waals surface area contributed by atoms with Crippen LogP contribution in [0.15, 0.2) is 79.1 Å². The second-order valence-electron chi connectivity index (χ2n) is 5.16. The Labute approximate surface area is 139 Å². The molecule has 0 N–H and O–H groups in total. The Kier molecular flexibility index (Phi) is 4.77. The molecule has 0 atom stereocenters. The van der Waals surface area contributed by atoms with E-state index in [1.807, 2.05) is 30.3 Å². The first kappa shape index (κ1) is 15.6. The lowest BCUT2D eigenvalue weighted by atomic mass is 10.0. The molecule has 0 radical (unpaired) electrons. The second-order valence-corrected chi connectivity index (χ2v) is 5.16. The quantitative estimate of drug-likeness (QED) is 0.513. The van der Waals surface area contributed by atoms with E-state index in [2.05, 4.69) is 4.98 Å². The lowest BCUT2D eigenvalue weighted by Crippen LogP contribution is -2.15. The zero-order valence-electron chi connectivity index (χ0n) is 12.9. The Morgan fingerprint density at radius 2 is 1.46 bits per heavy atom. The number of ether oxygens (including phenoxy) is 1. The van der Waals surface area contributed by atoms with E-state index in [-0.39, 0.29) is 5.56 Å². The predicted molar refractivity (Wildman–Crippen MR) is 90.1 cm³/mol. The van der Waals surface area contributed by atoms with Crippen molar-refractivity contribution in [3.8, 4) is 5.75 Å². The molecule has 3 rings (SSSR count). The molecule has 0 bridgehead atoms. The van der Waals surface area contributed by atoms with Gasteiger partial charge in [-0.1, -0.05) is 42.5 Å². The van der Waals surface area contributed by atoms with Gasteiger partial charge in [-0.15, -0.1) is 0 Å². The molecule has 0 saturated heterocycles. The van der Waals surface area contributed by atoms with Crippen LogP contribution in [0.1, 0.15) is 26.3 Å². The summed E-state index contributed by atoms with van der Waals surface area (Å²) in [6.07, 6.45) is 2.97. The van der Waals surface area contributed by atoms with Gasteiger partial charge < -0.3 is 4.74 Å². The van der Waals surface area contributed by atoms with E-state index in [1.54, 1.807) is 24.3 Å². The van der Waals surface area contributed by atoms with E-state index in [0.29, 0.717) is 17.9 Å². The third-order valence-corrected chi connectivity index (χ3v) is 3.52. The van der Waals surface area contributed by atoms with E-state index < -0.39 is 11.6 Å². The van der Waals surface area contributed by atoms with E-state index in [9.17, 15) is 9.59 Å². The molecule has 0 saturated carbocycles. The lowest BCUT2D eigenvalue weighted by molar-refractivity contribution is 0.0814. The van der Waals surface area contributed by atoms with Gasteiger partial charge in [-0.3, -0.25) is 14.6 Å². The minimum Gasteiger partial charge on any atom is -0.488 e. The Morgan fingerprint density at radius 1 is 0.792 bits per heavy atom. The van der Waals surface area contributed by atoms with Gasteiger partial charge in [0, 0.05) is 18.0 Å². The maximum atomic E-state index is 12.5. The highest BCUT2D eigenvalue weighted by atomic mass is 16.5. The highest BCUT2D eigenvalue weighted by Gasteiger charge is 2.21. The number of hydrogen-bond donors (Lipinski definition) is 0. The molecule has 0 spiro atoms. The zero-order valence-corrected chi connectivity index (χ0v) is 12.9. The van der Waals surface area contributed by atoms with Crippen molar-refractivity contribution in [3.63, 3.8) is 0 Å². The van der Waals surface area contributed by atoms with Gasteiger partial charge in [0.1, 0.15) is 12.4 Å². The van der Waals surface area contributed by atoms with E-state index >= 15 is 0 Å². The topological polar surface area (TPSA) is 56.3 Å². The number of hydrogen-bond acceptors (Lipinski definition) is 4. The Morgan fingerprint density at radius 3 is 2.21 bits per heavy atom. The fourth-order valence-corrected chi connectivity index (χ4v) is 2.27. The highest BCUT2D eigenvalue weighted by molar-refractivity contribution is 6.49. The Hall–Kier alpha value is -3.27. The summed E-state index contributed by atoms with van der Waals surface area (Å²) in [5.74, 6) is -0.771. The van der Waals surface area contributed by atoms with Gasteiger partial charge >= 0.3 is 0 Å². The molecule has 0 amide bonds. The van der Waals surface area contributed by atoms with Crippen molar-refractivity contribution in [1.82, 2.24) is 4.98 Å². The summed E-state index contributed by atoms with van der Waals surface area (Å²) in [5, 5.41) is 0. The summed E-state index contributed by atoms with van der Waals surface area (Å²) in [5.41, 5.74) is 1.56. The van der Waals surface area contributed by atoms with Crippen molar-refractivity contribution in [3.05, 3.63) is 95.8 Å². The van der Waals surface area contributed by atoms with E-state index in [0.717, 1.165) is 5.56 Å². The Balaban J connectivity index is 1.81. The molecule has 3 aromatic rings. The number of nitrogens with zero attached hydrogens (tertiary/aromatic N) is 1. The van der Waals surface area contributed by atoms with Gasteiger partial charge in [0.25, 0.3) is 0 Å². The SMILES string of the molecule is O=C(C(=O)c1ccccc1OCc1ccccc1)c1ccncc1. The molecular formula is C20H15NO3. The number of Topliss-reactive ketones (excluding diaryl/α,β-unsaturated/α-hetero) is 2. The van der Waals surface area contributed by atoms with Crippen molar-refractivity contribution >= 4 is 11.6 Å². The summed E-state index contributed by atoms with van der Waals surface area (Å²) in [6.45, 7) is 0.328. The number of pyridine rings is 1. The second kappa shape index (κ2) is 7.33. The lowest BCUT2D eigenvalue weighted by Gasteiger charge is -2.10. The number of ketones is 2. The first-order valence-electron chi connectivity index (χ1n) is 7.50. The van der Waals surface area contributed by atoms with Crippen LogP contribution in [0, 0.1) is 0 Å². The maximum Gasteiger partial charge on any atom is 0.237 e. The van der Waals surface area contributed by atoms with Crippen LogP contribution in [-0.4, -0.2) is 16.6 Å². The Bertz CT molecular complexity index is 845. The summed E-state index contributed by atoms with van der Waals surface area (Å²) in [4.78, 5) is 28.7. The molecule has 0 aliphatic heterocycles. The fraction of sp³-hybridized carbons (Fsp3) is 0.0500. The van der Waals surface area contributed by atoms with E-state index in [1.165, 1.54) is 24.5 Å². The molecule has 0 aliphatic carbocycles. The monoisotopic (exact) mass is 317 g/mol. The largest absolute Gasteiger partial charge is 0.488 e.